The molecule has 0 aromatic carbocycles. The zero-order valence-electron chi connectivity index (χ0n) is 11.8. The maximum atomic E-state index is 12.6. The van der Waals surface area contributed by atoms with Gasteiger partial charge in [0.25, 0.3) is 0 Å². The summed E-state index contributed by atoms with van der Waals surface area (Å²) >= 11 is 0. The Morgan fingerprint density at radius 3 is 2.77 bits per heavy atom. The molecule has 6 nitrogen and oxygen atoms in total. The topological polar surface area (TPSA) is 72.1 Å². The van der Waals surface area contributed by atoms with Crippen molar-refractivity contribution in [2.75, 3.05) is 38.3 Å². The van der Waals surface area contributed by atoms with Crippen LogP contribution in [0.15, 0.2) is 0 Å². The summed E-state index contributed by atoms with van der Waals surface area (Å²) in [6.07, 6.45) is -2.00. The lowest BCUT2D eigenvalue weighted by Gasteiger charge is -2.19. The van der Waals surface area contributed by atoms with Crippen molar-refractivity contribution in [3.8, 4) is 0 Å². The first-order valence-electron chi connectivity index (χ1n) is 6.96. The van der Waals surface area contributed by atoms with Gasteiger partial charge in [-0.25, -0.2) is 8.78 Å². The monoisotopic (exact) mass is 326 g/mol. The molecule has 22 heavy (non-hydrogen) atoms. The van der Waals surface area contributed by atoms with Crippen molar-refractivity contribution in [3.05, 3.63) is 5.82 Å². The van der Waals surface area contributed by atoms with E-state index < -0.39 is 19.0 Å². The van der Waals surface area contributed by atoms with E-state index in [1.165, 1.54) is 0 Å². The van der Waals surface area contributed by atoms with Crippen LogP contribution in [0.2, 0.25) is 0 Å². The summed E-state index contributed by atoms with van der Waals surface area (Å²) in [7, 11) is 0. The summed E-state index contributed by atoms with van der Waals surface area (Å²) in [4.78, 5) is 4.25. The van der Waals surface area contributed by atoms with Gasteiger partial charge in [-0.05, 0) is 12.8 Å². The van der Waals surface area contributed by atoms with E-state index in [-0.39, 0.29) is 19.1 Å². The van der Waals surface area contributed by atoms with Gasteiger partial charge in [-0.3, -0.25) is 5.10 Å². The van der Waals surface area contributed by atoms with Crippen molar-refractivity contribution >= 4 is 5.95 Å². The summed E-state index contributed by atoms with van der Waals surface area (Å²) in [5, 5.41) is 9.55. The van der Waals surface area contributed by atoms with Gasteiger partial charge in [-0.15, -0.1) is 5.10 Å². The number of aromatic nitrogens is 3. The number of H-pyrrole nitrogens is 1. The van der Waals surface area contributed by atoms with Crippen molar-refractivity contribution in [3.63, 3.8) is 0 Å². The van der Waals surface area contributed by atoms with E-state index in [1.54, 1.807) is 0 Å². The van der Waals surface area contributed by atoms with E-state index in [4.69, 9.17) is 4.74 Å². The van der Waals surface area contributed by atoms with E-state index in [1.807, 2.05) is 0 Å². The van der Waals surface area contributed by atoms with Crippen molar-refractivity contribution in [1.29, 1.82) is 0 Å². The predicted molar refractivity (Wildman–Crippen MR) is 69.4 cm³/mol. The fourth-order valence-electron chi connectivity index (χ4n) is 2.01. The van der Waals surface area contributed by atoms with Crippen LogP contribution in [0.4, 0.5) is 23.5 Å². The summed E-state index contributed by atoms with van der Waals surface area (Å²) < 4.78 is 58.7. The maximum absolute atomic E-state index is 12.6. The Morgan fingerprint density at radius 1 is 1.36 bits per heavy atom. The van der Waals surface area contributed by atoms with Crippen LogP contribution in [0, 0.1) is 0 Å². The van der Waals surface area contributed by atoms with Crippen molar-refractivity contribution < 1.29 is 27.0 Å². The van der Waals surface area contributed by atoms with Crippen LogP contribution in [0.5, 0.6) is 0 Å². The molecule has 0 atom stereocenters. The second kappa shape index (κ2) is 7.73. The van der Waals surface area contributed by atoms with Crippen LogP contribution in [0.1, 0.15) is 24.6 Å². The molecule has 1 aliphatic heterocycles. The lowest BCUT2D eigenvalue weighted by molar-refractivity contribution is -0.164. The first-order chi connectivity index (χ1) is 10.5. The minimum Gasteiger partial charge on any atom is -0.381 e. The van der Waals surface area contributed by atoms with Crippen LogP contribution in [-0.4, -0.2) is 60.5 Å². The molecule has 2 rings (SSSR count). The molecule has 1 aliphatic rings. The molecule has 2 heterocycles. The van der Waals surface area contributed by atoms with Crippen LogP contribution >= 0.6 is 0 Å². The summed E-state index contributed by atoms with van der Waals surface area (Å²) in [6.45, 7) is 0.0438. The van der Waals surface area contributed by atoms with Gasteiger partial charge in [0.1, 0.15) is 12.4 Å². The van der Waals surface area contributed by atoms with Crippen LogP contribution < -0.4 is 5.32 Å². The molecule has 2 N–H and O–H groups in total. The number of hydrogen-bond donors (Lipinski definition) is 2. The van der Waals surface area contributed by atoms with Gasteiger partial charge < -0.3 is 14.8 Å². The summed E-state index contributed by atoms with van der Waals surface area (Å²) in [5.74, 6) is -2.79. The molecule has 1 saturated heterocycles. The summed E-state index contributed by atoms with van der Waals surface area (Å²) in [6, 6.07) is 0. The maximum Gasteiger partial charge on any atom is 0.330 e. The van der Waals surface area contributed by atoms with Crippen molar-refractivity contribution in [2.45, 2.75) is 31.1 Å². The van der Waals surface area contributed by atoms with Gasteiger partial charge in [-0.2, -0.15) is 13.8 Å². The highest BCUT2D eigenvalue weighted by molar-refractivity contribution is 5.23. The Bertz CT molecular complexity index is 452. The van der Waals surface area contributed by atoms with Gasteiger partial charge in [0.15, 0.2) is 0 Å². The lowest BCUT2D eigenvalue weighted by atomic mass is 10.00. The molecule has 1 fully saturated rings. The smallest absolute Gasteiger partial charge is 0.330 e. The lowest BCUT2D eigenvalue weighted by Crippen LogP contribution is -2.33. The van der Waals surface area contributed by atoms with E-state index >= 15 is 0 Å². The Labute approximate surface area is 124 Å². The molecule has 126 valence electrons. The molecule has 0 radical (unpaired) electrons. The number of anilines is 1. The molecular formula is C12H18F4N4O2. The van der Waals surface area contributed by atoms with Crippen LogP contribution in [0.25, 0.3) is 0 Å². The van der Waals surface area contributed by atoms with E-state index in [9.17, 15) is 17.6 Å². The quantitative estimate of drug-likeness (QED) is 0.565. The molecule has 10 heteroatoms. The van der Waals surface area contributed by atoms with E-state index in [0.717, 1.165) is 18.7 Å². The second-order valence-electron chi connectivity index (χ2n) is 4.97. The van der Waals surface area contributed by atoms with Crippen LogP contribution in [0.3, 0.4) is 0 Å². The largest absolute Gasteiger partial charge is 0.381 e. The average molecular weight is 326 g/mol. The Hall–Kier alpha value is -1.42. The molecule has 0 bridgehead atoms. The Balaban J connectivity index is 1.66. The van der Waals surface area contributed by atoms with Crippen LogP contribution in [-0.2, 0) is 9.47 Å². The highest BCUT2D eigenvalue weighted by atomic mass is 19.3. The van der Waals surface area contributed by atoms with Gasteiger partial charge >= 0.3 is 12.3 Å². The van der Waals surface area contributed by atoms with E-state index in [2.05, 4.69) is 25.2 Å². The number of rotatable bonds is 8. The Kier molecular flexibility index (Phi) is 5.95. The number of aromatic amines is 1. The fourth-order valence-corrected chi connectivity index (χ4v) is 2.01. The zero-order chi connectivity index (χ0) is 16.0. The molecule has 1 aromatic heterocycles. The highest BCUT2D eigenvalue weighted by Gasteiger charge is 2.40. The minimum atomic E-state index is -4.12. The predicted octanol–water partition coefficient (Wildman–Crippen LogP) is 2.03. The molecular weight excluding hydrogens is 308 g/mol. The standard InChI is InChI=1S/C12H18F4N4O2/c13-10(14)12(15,16)7-22-6-3-17-11-18-9(19-20-11)8-1-4-21-5-2-8/h8,10H,1-7H2,(H2,17,18,19,20). The minimum absolute atomic E-state index is 0.143. The number of alkyl halides is 4. The number of halogens is 4. The average Bonchev–Trinajstić information content (AvgIpc) is 2.96. The number of nitrogens with zero attached hydrogens (tertiary/aromatic N) is 2. The fraction of sp³-hybridized carbons (Fsp3) is 0.833. The normalized spacial score (nSPS) is 17.1. The van der Waals surface area contributed by atoms with Gasteiger partial charge in [-0.1, -0.05) is 0 Å². The third-order valence-electron chi connectivity index (χ3n) is 3.25. The molecule has 0 spiro atoms. The molecule has 0 amide bonds. The number of hydrogen-bond acceptors (Lipinski definition) is 5. The third-order valence-corrected chi connectivity index (χ3v) is 3.25. The van der Waals surface area contributed by atoms with Crippen molar-refractivity contribution in [2.24, 2.45) is 0 Å². The SMILES string of the molecule is FC(F)C(F)(F)COCCNc1n[nH]c(C2CCOCC2)n1. The highest BCUT2D eigenvalue weighted by Crippen LogP contribution is 2.24. The first-order valence-corrected chi connectivity index (χ1v) is 6.96. The molecule has 0 aliphatic carbocycles. The summed E-state index contributed by atoms with van der Waals surface area (Å²) in [5.41, 5.74) is 0. The first kappa shape index (κ1) is 16.9. The van der Waals surface area contributed by atoms with Gasteiger partial charge in [0.05, 0.1) is 6.61 Å². The van der Waals surface area contributed by atoms with E-state index in [0.29, 0.717) is 19.2 Å². The number of nitrogens with one attached hydrogen (secondary N) is 2. The zero-order valence-corrected chi connectivity index (χ0v) is 11.8. The second-order valence-corrected chi connectivity index (χ2v) is 4.97. The van der Waals surface area contributed by atoms with Crippen molar-refractivity contribution in [1.82, 2.24) is 15.2 Å². The third kappa shape index (κ3) is 4.80. The van der Waals surface area contributed by atoms with Gasteiger partial charge in [0, 0.05) is 25.7 Å². The molecule has 0 unspecified atom stereocenters. The van der Waals surface area contributed by atoms with Gasteiger partial charge in [0.2, 0.25) is 5.95 Å². The molecule has 0 saturated carbocycles. The molecule has 1 aromatic rings. The number of ether oxygens (including phenoxy) is 2. The Morgan fingerprint density at radius 2 is 2.09 bits per heavy atom.